The third kappa shape index (κ3) is 4.22. The van der Waals surface area contributed by atoms with Gasteiger partial charge in [-0.25, -0.2) is 9.64 Å². The molecule has 0 atom stereocenters. The van der Waals surface area contributed by atoms with Crippen LogP contribution in [-0.2, 0) is 5.54 Å². The predicted octanol–water partition coefficient (Wildman–Crippen LogP) is 7.39. The summed E-state index contributed by atoms with van der Waals surface area (Å²) in [5.41, 5.74) is 3.90. The average Bonchev–Trinajstić information content (AvgIpc) is 2.95. The second kappa shape index (κ2) is 9.58. The summed E-state index contributed by atoms with van der Waals surface area (Å²) in [5.74, 6) is 0.415. The summed E-state index contributed by atoms with van der Waals surface area (Å²) >= 11 is 0. The molecule has 2 heterocycles. The van der Waals surface area contributed by atoms with Crippen molar-refractivity contribution in [2.24, 2.45) is 0 Å². The van der Waals surface area contributed by atoms with Crippen molar-refractivity contribution < 1.29 is 14.3 Å². The molecule has 6 rings (SSSR count). The molecule has 1 amide bonds. The topological polar surface area (TPSA) is 96.8 Å². The van der Waals surface area contributed by atoms with Gasteiger partial charge in [0.15, 0.2) is 11.3 Å². The van der Waals surface area contributed by atoms with Crippen LogP contribution in [0, 0.1) is 6.57 Å². The highest BCUT2D eigenvalue weighted by atomic mass is 16.4. The molecule has 7 nitrogen and oxygen atoms in total. The van der Waals surface area contributed by atoms with Gasteiger partial charge in [-0.1, -0.05) is 72.8 Å². The molecule has 39 heavy (non-hydrogen) atoms. The Morgan fingerprint density at radius 2 is 1.69 bits per heavy atom. The minimum atomic E-state index is -1.05. The number of fused-ring (bicyclic) bond motifs is 1. The molecule has 2 N–H and O–H groups in total. The molecule has 0 radical (unpaired) electrons. The number of rotatable bonds is 5. The summed E-state index contributed by atoms with van der Waals surface area (Å²) in [6.07, 6.45) is 2.94. The lowest BCUT2D eigenvalue weighted by molar-refractivity contribution is 0.144. The molecule has 5 aromatic rings. The third-order valence-electron chi connectivity index (χ3n) is 7.37. The molecule has 0 spiro atoms. The summed E-state index contributed by atoms with van der Waals surface area (Å²) in [4.78, 5) is 33.6. The first-order chi connectivity index (χ1) is 19.0. The van der Waals surface area contributed by atoms with E-state index in [1.54, 1.807) is 30.5 Å². The van der Waals surface area contributed by atoms with Crippen LogP contribution in [0.3, 0.4) is 0 Å². The molecular formula is C32H23N3O4. The Hall–Kier alpha value is -5.22. The van der Waals surface area contributed by atoms with Crippen molar-refractivity contribution in [1.29, 1.82) is 0 Å². The molecule has 0 aliphatic heterocycles. The van der Waals surface area contributed by atoms with Gasteiger partial charge in [-0.2, -0.15) is 0 Å². The summed E-state index contributed by atoms with van der Waals surface area (Å²) < 4.78 is 6.53. The summed E-state index contributed by atoms with van der Waals surface area (Å²) in [7, 11) is 0. The van der Waals surface area contributed by atoms with E-state index in [1.165, 1.54) is 0 Å². The molecule has 1 aliphatic rings. The minimum Gasteiger partial charge on any atom is -0.465 e. The van der Waals surface area contributed by atoms with Crippen LogP contribution in [0.1, 0.15) is 24.8 Å². The maximum atomic E-state index is 14.1. The number of aromatic nitrogens is 1. The number of benzene rings is 3. The SMILES string of the molecule is [C-]#[N+]c1cccc(-c2nccc3c(=O)c(-c4ccc(C5(NC(=O)O)CCC5)cc4)c(-c4ccccc4)oc23)c1. The molecule has 7 heteroatoms. The van der Waals surface area contributed by atoms with E-state index in [9.17, 15) is 14.7 Å². The number of pyridine rings is 1. The van der Waals surface area contributed by atoms with Gasteiger partial charge in [0.05, 0.1) is 23.1 Å². The van der Waals surface area contributed by atoms with E-state index in [4.69, 9.17) is 11.0 Å². The highest BCUT2D eigenvalue weighted by Gasteiger charge is 2.40. The van der Waals surface area contributed by atoms with Crippen molar-refractivity contribution in [3.8, 4) is 33.7 Å². The maximum Gasteiger partial charge on any atom is 0.405 e. The quantitative estimate of drug-likeness (QED) is 0.239. The van der Waals surface area contributed by atoms with Crippen molar-refractivity contribution in [3.05, 3.63) is 118 Å². The highest BCUT2D eigenvalue weighted by molar-refractivity contribution is 5.95. The first-order valence-electron chi connectivity index (χ1n) is 12.6. The van der Waals surface area contributed by atoms with Gasteiger partial charge in [0, 0.05) is 11.8 Å². The van der Waals surface area contributed by atoms with Crippen LogP contribution in [0.25, 0.3) is 49.5 Å². The average molecular weight is 514 g/mol. The lowest BCUT2D eigenvalue weighted by Gasteiger charge is -2.42. The molecule has 0 unspecified atom stereocenters. The van der Waals surface area contributed by atoms with E-state index < -0.39 is 11.6 Å². The van der Waals surface area contributed by atoms with E-state index in [0.717, 1.165) is 30.4 Å². The Morgan fingerprint density at radius 3 is 2.36 bits per heavy atom. The van der Waals surface area contributed by atoms with E-state index in [1.807, 2.05) is 60.7 Å². The zero-order valence-corrected chi connectivity index (χ0v) is 20.8. The first-order valence-corrected chi connectivity index (χ1v) is 12.6. The molecule has 0 saturated heterocycles. The van der Waals surface area contributed by atoms with Crippen molar-refractivity contribution >= 4 is 22.7 Å². The molecule has 3 aromatic carbocycles. The predicted molar refractivity (Wildman–Crippen MR) is 150 cm³/mol. The van der Waals surface area contributed by atoms with Crippen molar-refractivity contribution in [1.82, 2.24) is 10.3 Å². The van der Waals surface area contributed by atoms with Gasteiger partial charge in [-0.15, -0.1) is 0 Å². The van der Waals surface area contributed by atoms with Gasteiger partial charge in [0.25, 0.3) is 0 Å². The van der Waals surface area contributed by atoms with Crippen molar-refractivity contribution in [2.75, 3.05) is 0 Å². The number of amides is 1. The normalized spacial score (nSPS) is 13.8. The number of carboxylic acid groups (broad SMARTS) is 1. The third-order valence-corrected chi connectivity index (χ3v) is 7.37. The summed E-state index contributed by atoms with van der Waals surface area (Å²) in [6.45, 7) is 7.37. The molecule has 0 bridgehead atoms. The summed E-state index contributed by atoms with van der Waals surface area (Å²) in [6, 6.07) is 25.6. The van der Waals surface area contributed by atoms with E-state index >= 15 is 0 Å². The van der Waals surface area contributed by atoms with Gasteiger partial charge in [-0.3, -0.25) is 9.78 Å². The van der Waals surface area contributed by atoms with Crippen LogP contribution in [0.15, 0.2) is 100 Å². The second-order valence-electron chi connectivity index (χ2n) is 9.64. The molecule has 190 valence electrons. The Labute approximate surface area is 224 Å². The Morgan fingerprint density at radius 1 is 0.949 bits per heavy atom. The first kappa shape index (κ1) is 24.1. The maximum absolute atomic E-state index is 14.1. The largest absolute Gasteiger partial charge is 0.465 e. The van der Waals surface area contributed by atoms with Gasteiger partial charge < -0.3 is 14.8 Å². The number of nitrogens with zero attached hydrogens (tertiary/aromatic N) is 2. The minimum absolute atomic E-state index is 0.199. The van der Waals surface area contributed by atoms with E-state index in [2.05, 4.69) is 15.1 Å². The van der Waals surface area contributed by atoms with E-state index in [-0.39, 0.29) is 5.43 Å². The van der Waals surface area contributed by atoms with Gasteiger partial charge in [0.1, 0.15) is 11.5 Å². The van der Waals surface area contributed by atoms with Crippen LogP contribution in [0.5, 0.6) is 0 Å². The van der Waals surface area contributed by atoms with Crippen LogP contribution < -0.4 is 10.7 Å². The standard InChI is InChI=1S/C32H23N3O4/c1-33-24-10-5-9-22(19-24)27-30-25(15-18-34-27)28(36)26(29(39-30)21-7-3-2-4-8-21)20-11-13-23(14-12-20)32(16-6-17-32)35-31(37)38/h2-5,7-15,18-19,35H,6,16-17H2,(H,37,38). The highest BCUT2D eigenvalue weighted by Crippen LogP contribution is 2.42. The van der Waals surface area contributed by atoms with Crippen LogP contribution >= 0.6 is 0 Å². The van der Waals surface area contributed by atoms with Gasteiger partial charge in [-0.05, 0) is 48.1 Å². The Kier molecular flexibility index (Phi) is 5.93. The number of hydrogen-bond donors (Lipinski definition) is 2. The van der Waals surface area contributed by atoms with Crippen LogP contribution in [0.4, 0.5) is 10.5 Å². The van der Waals surface area contributed by atoms with Crippen molar-refractivity contribution in [2.45, 2.75) is 24.8 Å². The van der Waals surface area contributed by atoms with Crippen LogP contribution in [0.2, 0.25) is 0 Å². The van der Waals surface area contributed by atoms with Gasteiger partial charge >= 0.3 is 6.09 Å². The number of nitrogens with one attached hydrogen (secondary N) is 1. The monoisotopic (exact) mass is 513 g/mol. The Bertz CT molecular complexity index is 1820. The lowest BCUT2D eigenvalue weighted by atomic mass is 9.71. The second-order valence-corrected chi connectivity index (χ2v) is 9.64. The molecule has 1 aliphatic carbocycles. The fourth-order valence-corrected chi connectivity index (χ4v) is 5.28. The summed E-state index contributed by atoms with van der Waals surface area (Å²) in [5, 5.41) is 12.4. The van der Waals surface area contributed by atoms with Gasteiger partial charge in [0.2, 0.25) is 5.43 Å². The number of hydrogen-bond acceptors (Lipinski definition) is 4. The molecule has 1 saturated carbocycles. The molecular weight excluding hydrogens is 490 g/mol. The number of carbonyl (C=O) groups is 1. The molecule has 1 fully saturated rings. The van der Waals surface area contributed by atoms with Crippen LogP contribution in [-0.4, -0.2) is 16.2 Å². The Balaban J connectivity index is 1.56. The fraction of sp³-hybridized carbons (Fsp3) is 0.125. The smallest absolute Gasteiger partial charge is 0.405 e. The van der Waals surface area contributed by atoms with Crippen molar-refractivity contribution in [3.63, 3.8) is 0 Å². The zero-order valence-electron chi connectivity index (χ0n) is 20.8. The zero-order chi connectivity index (χ0) is 27.0. The molecule has 2 aromatic heterocycles. The lowest BCUT2D eigenvalue weighted by Crippen LogP contribution is -2.50. The fourth-order valence-electron chi connectivity index (χ4n) is 5.28. The van der Waals surface area contributed by atoms with E-state index in [0.29, 0.717) is 44.8 Å².